The SMILES string of the molecule is CCCNC(C#N)CCN1CCN(C(C)CC)CC1. The van der Waals surface area contributed by atoms with Gasteiger partial charge in [-0.3, -0.25) is 4.90 Å². The first kappa shape index (κ1) is 16.4. The number of piperazine rings is 1. The molecule has 0 aromatic heterocycles. The maximum Gasteiger partial charge on any atom is 0.0965 e. The van der Waals surface area contributed by atoms with Gasteiger partial charge in [-0.25, -0.2) is 0 Å². The number of nitrogens with one attached hydrogen (secondary N) is 1. The smallest absolute Gasteiger partial charge is 0.0965 e. The Bertz CT molecular complexity index is 266. The van der Waals surface area contributed by atoms with E-state index >= 15 is 0 Å². The van der Waals surface area contributed by atoms with Crippen molar-refractivity contribution < 1.29 is 0 Å². The van der Waals surface area contributed by atoms with E-state index in [1.54, 1.807) is 0 Å². The van der Waals surface area contributed by atoms with Crippen LogP contribution in [0.1, 0.15) is 40.0 Å². The van der Waals surface area contributed by atoms with Crippen molar-refractivity contribution in [3.63, 3.8) is 0 Å². The van der Waals surface area contributed by atoms with Crippen LogP contribution < -0.4 is 5.32 Å². The molecule has 1 heterocycles. The fourth-order valence-corrected chi connectivity index (χ4v) is 2.53. The summed E-state index contributed by atoms with van der Waals surface area (Å²) in [5.41, 5.74) is 0. The molecule has 2 unspecified atom stereocenters. The van der Waals surface area contributed by atoms with Crippen LogP contribution >= 0.6 is 0 Å². The first-order valence-corrected chi connectivity index (χ1v) is 7.80. The van der Waals surface area contributed by atoms with Gasteiger partial charge >= 0.3 is 0 Å². The monoisotopic (exact) mass is 266 g/mol. The van der Waals surface area contributed by atoms with Crippen LogP contribution in [-0.4, -0.2) is 61.2 Å². The fourth-order valence-electron chi connectivity index (χ4n) is 2.53. The molecule has 1 saturated heterocycles. The minimum Gasteiger partial charge on any atom is -0.302 e. The summed E-state index contributed by atoms with van der Waals surface area (Å²) in [6.07, 6.45) is 3.27. The Morgan fingerprint density at radius 3 is 2.42 bits per heavy atom. The number of hydrogen-bond donors (Lipinski definition) is 1. The second kappa shape index (κ2) is 9.30. The lowest BCUT2D eigenvalue weighted by Gasteiger charge is -2.38. The zero-order valence-electron chi connectivity index (χ0n) is 12.9. The molecule has 19 heavy (non-hydrogen) atoms. The molecule has 0 bridgehead atoms. The second-order valence-electron chi connectivity index (χ2n) is 5.56. The van der Waals surface area contributed by atoms with Crippen LogP contribution in [-0.2, 0) is 0 Å². The molecule has 1 aliphatic rings. The molecule has 110 valence electrons. The largest absolute Gasteiger partial charge is 0.302 e. The van der Waals surface area contributed by atoms with E-state index in [-0.39, 0.29) is 6.04 Å². The fraction of sp³-hybridized carbons (Fsp3) is 0.933. The van der Waals surface area contributed by atoms with Crippen LogP contribution in [0.3, 0.4) is 0 Å². The lowest BCUT2D eigenvalue weighted by molar-refractivity contribution is 0.0989. The van der Waals surface area contributed by atoms with Crippen molar-refractivity contribution >= 4 is 0 Å². The van der Waals surface area contributed by atoms with Gasteiger partial charge in [0.1, 0.15) is 0 Å². The minimum atomic E-state index is 0.0209. The molecule has 0 spiro atoms. The highest BCUT2D eigenvalue weighted by atomic mass is 15.3. The van der Waals surface area contributed by atoms with Gasteiger partial charge in [0.2, 0.25) is 0 Å². The normalized spacial score (nSPS) is 20.9. The molecule has 0 saturated carbocycles. The minimum absolute atomic E-state index is 0.0209. The van der Waals surface area contributed by atoms with Gasteiger partial charge in [0.15, 0.2) is 0 Å². The van der Waals surface area contributed by atoms with Crippen LogP contribution in [0.2, 0.25) is 0 Å². The number of rotatable bonds is 8. The van der Waals surface area contributed by atoms with Crippen molar-refractivity contribution in [3.05, 3.63) is 0 Å². The average molecular weight is 266 g/mol. The van der Waals surface area contributed by atoms with Gasteiger partial charge in [-0.2, -0.15) is 5.26 Å². The lowest BCUT2D eigenvalue weighted by Crippen LogP contribution is -2.50. The van der Waals surface area contributed by atoms with Gasteiger partial charge < -0.3 is 10.2 Å². The maximum absolute atomic E-state index is 9.09. The van der Waals surface area contributed by atoms with E-state index in [1.165, 1.54) is 19.5 Å². The van der Waals surface area contributed by atoms with E-state index < -0.39 is 0 Å². The molecular weight excluding hydrogens is 236 g/mol. The van der Waals surface area contributed by atoms with Gasteiger partial charge in [-0.05, 0) is 32.7 Å². The molecule has 2 atom stereocenters. The van der Waals surface area contributed by atoms with Gasteiger partial charge in [-0.15, -0.1) is 0 Å². The molecule has 1 fully saturated rings. The molecule has 1 aliphatic heterocycles. The van der Waals surface area contributed by atoms with Crippen molar-refractivity contribution in [1.29, 1.82) is 5.26 Å². The van der Waals surface area contributed by atoms with E-state index in [2.05, 4.69) is 42.0 Å². The van der Waals surface area contributed by atoms with E-state index in [4.69, 9.17) is 5.26 Å². The Morgan fingerprint density at radius 2 is 1.89 bits per heavy atom. The predicted molar refractivity (Wildman–Crippen MR) is 80.1 cm³/mol. The highest BCUT2D eigenvalue weighted by molar-refractivity contribution is 4.90. The van der Waals surface area contributed by atoms with Gasteiger partial charge in [0.05, 0.1) is 12.1 Å². The van der Waals surface area contributed by atoms with E-state index in [1.807, 2.05) is 0 Å². The van der Waals surface area contributed by atoms with Crippen LogP contribution in [0.5, 0.6) is 0 Å². The average Bonchev–Trinajstić information content (AvgIpc) is 2.47. The molecule has 0 aromatic rings. The summed E-state index contributed by atoms with van der Waals surface area (Å²) in [4.78, 5) is 5.07. The zero-order valence-corrected chi connectivity index (χ0v) is 12.9. The molecule has 1 rings (SSSR count). The Hall–Kier alpha value is -0.630. The van der Waals surface area contributed by atoms with E-state index in [0.29, 0.717) is 6.04 Å². The summed E-state index contributed by atoms with van der Waals surface area (Å²) in [7, 11) is 0. The number of hydrogen-bond acceptors (Lipinski definition) is 4. The van der Waals surface area contributed by atoms with Crippen LogP contribution in [0, 0.1) is 11.3 Å². The van der Waals surface area contributed by atoms with Crippen molar-refractivity contribution in [2.75, 3.05) is 39.3 Å². The molecule has 4 nitrogen and oxygen atoms in total. The lowest BCUT2D eigenvalue weighted by atomic mass is 10.1. The Labute approximate surface area is 118 Å². The third kappa shape index (κ3) is 5.90. The van der Waals surface area contributed by atoms with E-state index in [9.17, 15) is 0 Å². The van der Waals surface area contributed by atoms with Crippen LogP contribution in [0.25, 0.3) is 0 Å². The molecule has 1 N–H and O–H groups in total. The molecule has 4 heteroatoms. The molecule has 0 amide bonds. The summed E-state index contributed by atoms with van der Waals surface area (Å²) >= 11 is 0. The zero-order chi connectivity index (χ0) is 14.1. The van der Waals surface area contributed by atoms with Gasteiger partial charge in [0.25, 0.3) is 0 Å². The van der Waals surface area contributed by atoms with E-state index in [0.717, 1.165) is 39.0 Å². The molecule has 0 radical (unpaired) electrons. The highest BCUT2D eigenvalue weighted by Crippen LogP contribution is 2.09. The van der Waals surface area contributed by atoms with Gasteiger partial charge in [0, 0.05) is 38.8 Å². The first-order chi connectivity index (χ1) is 9.21. The number of nitriles is 1. The Balaban J connectivity index is 2.20. The molecule has 0 aromatic carbocycles. The Morgan fingerprint density at radius 1 is 1.21 bits per heavy atom. The third-order valence-corrected chi connectivity index (χ3v) is 4.15. The van der Waals surface area contributed by atoms with Crippen LogP contribution in [0.4, 0.5) is 0 Å². The quantitative estimate of drug-likeness (QED) is 0.726. The highest BCUT2D eigenvalue weighted by Gasteiger charge is 2.20. The summed E-state index contributed by atoms with van der Waals surface area (Å²) in [6, 6.07) is 3.09. The summed E-state index contributed by atoms with van der Waals surface area (Å²) in [5.74, 6) is 0. The first-order valence-electron chi connectivity index (χ1n) is 7.80. The topological polar surface area (TPSA) is 42.3 Å². The van der Waals surface area contributed by atoms with Gasteiger partial charge in [-0.1, -0.05) is 13.8 Å². The Kier molecular flexibility index (Phi) is 8.04. The van der Waals surface area contributed by atoms with Crippen molar-refractivity contribution in [3.8, 4) is 6.07 Å². The van der Waals surface area contributed by atoms with Crippen molar-refractivity contribution in [1.82, 2.24) is 15.1 Å². The van der Waals surface area contributed by atoms with Crippen molar-refractivity contribution in [2.45, 2.75) is 52.1 Å². The third-order valence-electron chi connectivity index (χ3n) is 4.15. The standard InChI is InChI=1S/C15H30N4/c1-4-7-17-15(13-16)6-8-18-9-11-19(12-10-18)14(3)5-2/h14-15,17H,4-12H2,1-3H3. The molecular formula is C15H30N4. The van der Waals surface area contributed by atoms with Crippen LogP contribution in [0.15, 0.2) is 0 Å². The second-order valence-corrected chi connectivity index (χ2v) is 5.56. The number of nitrogens with zero attached hydrogens (tertiary/aromatic N) is 3. The molecule has 0 aliphatic carbocycles. The predicted octanol–water partition coefficient (Wildman–Crippen LogP) is 1.68. The summed E-state index contributed by atoms with van der Waals surface area (Å²) < 4.78 is 0. The summed E-state index contributed by atoms with van der Waals surface area (Å²) in [6.45, 7) is 13.3. The van der Waals surface area contributed by atoms with Crippen molar-refractivity contribution in [2.24, 2.45) is 0 Å². The maximum atomic E-state index is 9.09. The summed E-state index contributed by atoms with van der Waals surface area (Å²) in [5, 5.41) is 12.4.